The van der Waals surface area contributed by atoms with Crippen molar-refractivity contribution in [1.29, 1.82) is 0 Å². The molecule has 7 heteroatoms. The number of fused-ring (bicyclic) bond motifs is 3. The third kappa shape index (κ3) is 4.92. The molecule has 2 aliphatic carbocycles. The highest BCUT2D eigenvalue weighted by molar-refractivity contribution is 5.83. The number of allylic oxidation sites excluding steroid dienone is 1. The van der Waals surface area contributed by atoms with Gasteiger partial charge in [-0.05, 0) is 42.0 Å². The Kier molecular flexibility index (Phi) is 6.77. The van der Waals surface area contributed by atoms with Crippen LogP contribution in [0.2, 0.25) is 0 Å². The number of aliphatic carboxylic acids is 1. The summed E-state index contributed by atoms with van der Waals surface area (Å²) in [6.07, 6.45) is 4.12. The summed E-state index contributed by atoms with van der Waals surface area (Å²) >= 11 is 0. The number of alkyl carbamates (subject to hydrolysis) is 1. The fraction of sp³-hybridized carbons (Fsp3) is 0.346. The van der Waals surface area contributed by atoms with Crippen LogP contribution in [0.25, 0.3) is 11.1 Å². The van der Waals surface area contributed by atoms with Gasteiger partial charge in [0.05, 0.1) is 6.04 Å². The van der Waals surface area contributed by atoms with Gasteiger partial charge in [-0.15, -0.1) is 0 Å². The standard InChI is InChI=1S/C26H28N2O5/c1-2-28(15-24(29)30)25(31)17-8-7-9-18(14-17)27-26(32)33-16-23-21-12-5-3-10-19(21)20-11-4-6-13-22(20)23/h3-7,9-13,17-18,23H,2,8,14-16H2,1H3,(H,27,32)(H,29,30)/t17-,18-/m1/s1. The van der Waals surface area contributed by atoms with E-state index in [0.29, 0.717) is 19.4 Å². The summed E-state index contributed by atoms with van der Waals surface area (Å²) in [7, 11) is 0. The average Bonchev–Trinajstić information content (AvgIpc) is 3.14. The van der Waals surface area contributed by atoms with Gasteiger partial charge < -0.3 is 20.1 Å². The zero-order chi connectivity index (χ0) is 23.4. The largest absolute Gasteiger partial charge is 0.480 e. The molecule has 4 rings (SSSR count). The van der Waals surface area contributed by atoms with E-state index in [1.54, 1.807) is 6.92 Å². The van der Waals surface area contributed by atoms with E-state index >= 15 is 0 Å². The van der Waals surface area contributed by atoms with Crippen LogP contribution in [0, 0.1) is 5.92 Å². The number of benzene rings is 2. The van der Waals surface area contributed by atoms with Crippen LogP contribution in [0.1, 0.15) is 36.8 Å². The van der Waals surface area contributed by atoms with E-state index < -0.39 is 12.1 Å². The van der Waals surface area contributed by atoms with Crippen molar-refractivity contribution in [3.05, 3.63) is 71.8 Å². The minimum Gasteiger partial charge on any atom is -0.480 e. The highest BCUT2D eigenvalue weighted by Gasteiger charge is 2.31. The second-order valence-electron chi connectivity index (χ2n) is 8.42. The van der Waals surface area contributed by atoms with Gasteiger partial charge in [0, 0.05) is 18.4 Å². The van der Waals surface area contributed by atoms with E-state index in [-0.39, 0.29) is 36.9 Å². The van der Waals surface area contributed by atoms with Gasteiger partial charge in [-0.25, -0.2) is 4.79 Å². The number of nitrogens with zero attached hydrogens (tertiary/aromatic N) is 1. The molecule has 0 aliphatic heterocycles. The Labute approximate surface area is 193 Å². The van der Waals surface area contributed by atoms with Crippen LogP contribution < -0.4 is 5.32 Å². The summed E-state index contributed by atoms with van der Waals surface area (Å²) in [6.45, 7) is 1.99. The van der Waals surface area contributed by atoms with Crippen molar-refractivity contribution < 1.29 is 24.2 Å². The van der Waals surface area contributed by atoms with Gasteiger partial charge in [0.1, 0.15) is 13.2 Å². The first kappa shape index (κ1) is 22.6. The first-order valence-corrected chi connectivity index (χ1v) is 11.3. The van der Waals surface area contributed by atoms with E-state index in [9.17, 15) is 14.4 Å². The monoisotopic (exact) mass is 448 g/mol. The minimum atomic E-state index is -1.04. The number of hydrogen-bond acceptors (Lipinski definition) is 4. The maximum absolute atomic E-state index is 12.7. The number of amides is 2. The van der Waals surface area contributed by atoms with Crippen LogP contribution in [-0.4, -0.2) is 53.7 Å². The number of likely N-dealkylation sites (N-methyl/N-ethyl adjacent to an activating group) is 1. The first-order chi connectivity index (χ1) is 16.0. The summed E-state index contributed by atoms with van der Waals surface area (Å²) in [6, 6.07) is 16.0. The maximum Gasteiger partial charge on any atom is 0.407 e. The van der Waals surface area contributed by atoms with Gasteiger partial charge in [0.25, 0.3) is 0 Å². The van der Waals surface area contributed by atoms with Crippen molar-refractivity contribution in [3.8, 4) is 11.1 Å². The summed E-state index contributed by atoms with van der Waals surface area (Å²) < 4.78 is 5.60. The number of hydrogen-bond donors (Lipinski definition) is 2. The Balaban J connectivity index is 1.35. The third-order valence-corrected chi connectivity index (χ3v) is 6.34. The van der Waals surface area contributed by atoms with Crippen LogP contribution >= 0.6 is 0 Å². The van der Waals surface area contributed by atoms with E-state index in [1.807, 2.05) is 36.4 Å². The molecule has 172 valence electrons. The van der Waals surface area contributed by atoms with Crippen molar-refractivity contribution >= 4 is 18.0 Å². The molecular weight excluding hydrogens is 420 g/mol. The molecule has 2 aromatic rings. The van der Waals surface area contributed by atoms with Crippen LogP contribution in [0.3, 0.4) is 0 Å². The van der Waals surface area contributed by atoms with Crippen LogP contribution in [0.5, 0.6) is 0 Å². The molecule has 0 spiro atoms. The average molecular weight is 449 g/mol. The SMILES string of the molecule is CCN(CC(=O)O)C(=O)[C@@H]1CC=C[C@@H](NC(=O)OCC2c3ccccc3-c3ccccc32)C1. The van der Waals surface area contributed by atoms with Crippen molar-refractivity contribution in [1.82, 2.24) is 10.2 Å². The summed E-state index contributed by atoms with van der Waals surface area (Å²) in [5.74, 6) is -1.63. The molecule has 0 saturated heterocycles. The smallest absolute Gasteiger partial charge is 0.407 e. The predicted octanol–water partition coefficient (Wildman–Crippen LogP) is 3.79. The summed E-state index contributed by atoms with van der Waals surface area (Å²) in [4.78, 5) is 37.6. The van der Waals surface area contributed by atoms with E-state index in [0.717, 1.165) is 11.1 Å². The molecule has 0 heterocycles. The molecule has 0 unspecified atom stereocenters. The normalized spacial score (nSPS) is 18.8. The predicted molar refractivity (Wildman–Crippen MR) is 124 cm³/mol. The van der Waals surface area contributed by atoms with Crippen molar-refractivity contribution in [2.24, 2.45) is 5.92 Å². The van der Waals surface area contributed by atoms with E-state index in [4.69, 9.17) is 9.84 Å². The third-order valence-electron chi connectivity index (χ3n) is 6.34. The molecule has 7 nitrogen and oxygen atoms in total. The second kappa shape index (κ2) is 9.90. The molecule has 2 atom stereocenters. The molecule has 2 N–H and O–H groups in total. The lowest BCUT2D eigenvalue weighted by Crippen LogP contribution is -2.44. The Morgan fingerprint density at radius 2 is 1.70 bits per heavy atom. The van der Waals surface area contributed by atoms with Crippen LogP contribution in [-0.2, 0) is 14.3 Å². The van der Waals surface area contributed by atoms with Gasteiger partial charge in [0.2, 0.25) is 5.91 Å². The number of nitrogens with one attached hydrogen (secondary N) is 1. The lowest BCUT2D eigenvalue weighted by molar-refractivity contribution is -0.146. The summed E-state index contributed by atoms with van der Waals surface area (Å²) in [5, 5.41) is 11.9. The molecule has 33 heavy (non-hydrogen) atoms. The molecule has 0 aromatic heterocycles. The zero-order valence-electron chi connectivity index (χ0n) is 18.6. The number of carboxylic acids is 1. The van der Waals surface area contributed by atoms with Gasteiger partial charge in [-0.2, -0.15) is 0 Å². The maximum atomic E-state index is 12.7. The molecular formula is C26H28N2O5. The van der Waals surface area contributed by atoms with Gasteiger partial charge >= 0.3 is 12.1 Å². The van der Waals surface area contributed by atoms with Gasteiger partial charge in [0.15, 0.2) is 0 Å². The molecule has 2 aromatic carbocycles. The fourth-order valence-corrected chi connectivity index (χ4v) is 4.76. The van der Waals surface area contributed by atoms with Crippen molar-refractivity contribution in [3.63, 3.8) is 0 Å². The first-order valence-electron chi connectivity index (χ1n) is 11.3. The van der Waals surface area contributed by atoms with E-state index in [1.165, 1.54) is 16.0 Å². The van der Waals surface area contributed by atoms with Gasteiger partial charge in [-0.3, -0.25) is 9.59 Å². The van der Waals surface area contributed by atoms with Crippen LogP contribution in [0.15, 0.2) is 60.7 Å². The van der Waals surface area contributed by atoms with Crippen molar-refractivity contribution in [2.75, 3.05) is 19.7 Å². The number of carbonyl (C=O) groups excluding carboxylic acids is 2. The molecule has 0 saturated carbocycles. The molecule has 0 fully saturated rings. The quantitative estimate of drug-likeness (QED) is 0.629. The molecule has 2 amide bonds. The second-order valence-corrected chi connectivity index (χ2v) is 8.42. The Hall–Kier alpha value is -3.61. The molecule has 0 bridgehead atoms. The fourth-order valence-electron chi connectivity index (χ4n) is 4.76. The number of rotatable bonds is 7. The lowest BCUT2D eigenvalue weighted by atomic mass is 9.90. The Bertz CT molecular complexity index is 1030. The van der Waals surface area contributed by atoms with Gasteiger partial charge in [-0.1, -0.05) is 60.7 Å². The number of carboxylic acid groups (broad SMARTS) is 1. The molecule has 0 radical (unpaired) electrons. The highest BCUT2D eigenvalue weighted by atomic mass is 16.5. The topological polar surface area (TPSA) is 95.9 Å². The van der Waals surface area contributed by atoms with E-state index in [2.05, 4.69) is 29.6 Å². The summed E-state index contributed by atoms with van der Waals surface area (Å²) in [5.41, 5.74) is 4.63. The number of carbonyl (C=O) groups is 3. The number of ether oxygens (including phenoxy) is 1. The van der Waals surface area contributed by atoms with Crippen molar-refractivity contribution in [2.45, 2.75) is 31.7 Å². The Morgan fingerprint density at radius 3 is 2.30 bits per heavy atom. The minimum absolute atomic E-state index is 0.0199. The zero-order valence-corrected chi connectivity index (χ0v) is 18.6. The highest BCUT2D eigenvalue weighted by Crippen LogP contribution is 2.44. The Morgan fingerprint density at radius 1 is 1.06 bits per heavy atom. The lowest BCUT2D eigenvalue weighted by Gasteiger charge is -2.29. The molecule has 2 aliphatic rings. The van der Waals surface area contributed by atoms with Crippen LogP contribution in [0.4, 0.5) is 4.79 Å².